The Morgan fingerprint density at radius 2 is 2.00 bits per heavy atom. The van der Waals surface area contributed by atoms with Gasteiger partial charge in [0.25, 0.3) is 0 Å². The van der Waals surface area contributed by atoms with Gasteiger partial charge in [0.1, 0.15) is 0 Å². The molecule has 2 rings (SSSR count). The summed E-state index contributed by atoms with van der Waals surface area (Å²) in [7, 11) is 0. The maximum Gasteiger partial charge on any atom is 0.0951 e. The van der Waals surface area contributed by atoms with E-state index in [1.165, 1.54) is 0 Å². The number of hydrogen-bond acceptors (Lipinski definition) is 5. The molecule has 0 fully saturated rings. The van der Waals surface area contributed by atoms with E-state index in [4.69, 9.17) is 15.9 Å². The molecular weight excluding hydrogens is 218 g/mol. The van der Waals surface area contributed by atoms with Crippen LogP contribution in [0.25, 0.3) is 10.9 Å². The molecule has 17 heavy (non-hydrogen) atoms. The van der Waals surface area contributed by atoms with Gasteiger partial charge < -0.3 is 21.3 Å². The Labute approximate surface area is 98.9 Å². The quantitative estimate of drug-likeness (QED) is 0.580. The Balaban J connectivity index is 2.44. The first kappa shape index (κ1) is 11.6. The summed E-state index contributed by atoms with van der Waals surface area (Å²) in [6.07, 6.45) is 1.68. The van der Waals surface area contributed by atoms with Crippen LogP contribution in [0.5, 0.6) is 0 Å². The van der Waals surface area contributed by atoms with Crippen molar-refractivity contribution in [2.45, 2.75) is 6.04 Å². The number of anilines is 2. The molecule has 0 spiro atoms. The van der Waals surface area contributed by atoms with Crippen LogP contribution >= 0.6 is 0 Å². The number of nitrogen functional groups attached to an aromatic ring is 1. The summed E-state index contributed by atoms with van der Waals surface area (Å²) in [5, 5.41) is 22.0. The second-order valence-corrected chi connectivity index (χ2v) is 3.81. The van der Waals surface area contributed by atoms with Gasteiger partial charge in [0.2, 0.25) is 0 Å². The summed E-state index contributed by atoms with van der Waals surface area (Å²) < 4.78 is 0. The fourth-order valence-corrected chi connectivity index (χ4v) is 1.69. The molecule has 5 nitrogen and oxygen atoms in total. The highest BCUT2D eigenvalue weighted by Crippen LogP contribution is 2.26. The molecule has 0 amide bonds. The smallest absolute Gasteiger partial charge is 0.0951 e. The Morgan fingerprint density at radius 1 is 1.24 bits per heavy atom. The zero-order valence-corrected chi connectivity index (χ0v) is 9.30. The lowest BCUT2D eigenvalue weighted by Gasteiger charge is -2.16. The second kappa shape index (κ2) is 4.99. The zero-order valence-electron chi connectivity index (χ0n) is 9.30. The van der Waals surface area contributed by atoms with E-state index in [-0.39, 0.29) is 19.3 Å². The number of fused-ring (bicyclic) bond motifs is 1. The van der Waals surface area contributed by atoms with E-state index in [2.05, 4.69) is 10.3 Å². The molecule has 0 atom stereocenters. The molecule has 0 bridgehead atoms. The summed E-state index contributed by atoms with van der Waals surface area (Å²) in [5.74, 6) is 0. The predicted octanol–water partition coefficient (Wildman–Crippen LogP) is 0.582. The minimum absolute atomic E-state index is 0.136. The van der Waals surface area contributed by atoms with Gasteiger partial charge in [-0.05, 0) is 24.3 Å². The van der Waals surface area contributed by atoms with Crippen LogP contribution in [0.2, 0.25) is 0 Å². The largest absolute Gasteiger partial charge is 0.397 e. The number of aliphatic hydroxyl groups excluding tert-OH is 2. The van der Waals surface area contributed by atoms with E-state index in [1.807, 2.05) is 18.2 Å². The number of hydrogen-bond donors (Lipinski definition) is 4. The topological polar surface area (TPSA) is 91.4 Å². The summed E-state index contributed by atoms with van der Waals surface area (Å²) >= 11 is 0. The number of aromatic nitrogens is 1. The molecule has 0 saturated carbocycles. The van der Waals surface area contributed by atoms with Gasteiger partial charge in [-0.1, -0.05) is 0 Å². The molecular formula is C12H15N3O2. The Hall–Kier alpha value is -1.85. The zero-order chi connectivity index (χ0) is 12.3. The average molecular weight is 233 g/mol. The summed E-state index contributed by atoms with van der Waals surface area (Å²) in [6, 6.07) is 6.90. The molecule has 0 saturated heterocycles. The highest BCUT2D eigenvalue weighted by atomic mass is 16.3. The molecule has 5 N–H and O–H groups in total. The van der Waals surface area contributed by atoms with Crippen molar-refractivity contribution in [3.05, 3.63) is 30.5 Å². The first-order chi connectivity index (χ1) is 8.26. The standard InChI is InChI=1S/C12H15N3O2/c13-10-3-4-11(15-8(6-16)7-17)9-2-1-5-14-12(9)10/h1-5,8,15-17H,6-7,13H2. The van der Waals surface area contributed by atoms with Crippen LogP contribution in [0.1, 0.15) is 0 Å². The van der Waals surface area contributed by atoms with E-state index < -0.39 is 0 Å². The normalized spacial score (nSPS) is 11.0. The van der Waals surface area contributed by atoms with Crippen molar-refractivity contribution in [1.29, 1.82) is 0 Å². The van der Waals surface area contributed by atoms with Crippen LogP contribution in [0.3, 0.4) is 0 Å². The number of aliphatic hydroxyl groups is 2. The maximum absolute atomic E-state index is 9.05. The first-order valence-electron chi connectivity index (χ1n) is 5.37. The molecule has 0 unspecified atom stereocenters. The fourth-order valence-electron chi connectivity index (χ4n) is 1.69. The van der Waals surface area contributed by atoms with E-state index >= 15 is 0 Å². The number of nitrogens with one attached hydrogen (secondary N) is 1. The number of pyridine rings is 1. The van der Waals surface area contributed by atoms with Crippen molar-refractivity contribution in [2.24, 2.45) is 0 Å². The van der Waals surface area contributed by atoms with Crippen LogP contribution in [0, 0.1) is 0 Å². The molecule has 1 aromatic carbocycles. The Morgan fingerprint density at radius 3 is 2.71 bits per heavy atom. The van der Waals surface area contributed by atoms with Gasteiger partial charge >= 0.3 is 0 Å². The van der Waals surface area contributed by atoms with Crippen molar-refractivity contribution in [3.8, 4) is 0 Å². The number of benzene rings is 1. The third kappa shape index (κ3) is 2.30. The van der Waals surface area contributed by atoms with Gasteiger partial charge in [-0.15, -0.1) is 0 Å². The summed E-state index contributed by atoms with van der Waals surface area (Å²) in [4.78, 5) is 4.21. The van der Waals surface area contributed by atoms with Crippen LogP contribution in [-0.2, 0) is 0 Å². The van der Waals surface area contributed by atoms with Crippen LogP contribution in [0.4, 0.5) is 11.4 Å². The van der Waals surface area contributed by atoms with E-state index in [0.29, 0.717) is 11.2 Å². The monoisotopic (exact) mass is 233 g/mol. The Bertz CT molecular complexity index is 512. The lowest BCUT2D eigenvalue weighted by Crippen LogP contribution is -2.27. The van der Waals surface area contributed by atoms with Gasteiger partial charge in [-0.2, -0.15) is 0 Å². The van der Waals surface area contributed by atoms with Crippen LogP contribution < -0.4 is 11.1 Å². The second-order valence-electron chi connectivity index (χ2n) is 3.81. The molecule has 90 valence electrons. The van der Waals surface area contributed by atoms with Gasteiger partial charge in [0.15, 0.2) is 0 Å². The van der Waals surface area contributed by atoms with Gasteiger partial charge in [0, 0.05) is 17.3 Å². The SMILES string of the molecule is Nc1ccc(NC(CO)CO)c2cccnc12. The predicted molar refractivity (Wildman–Crippen MR) is 67.7 cm³/mol. The van der Waals surface area contributed by atoms with Crippen molar-refractivity contribution >= 4 is 22.3 Å². The van der Waals surface area contributed by atoms with Crippen molar-refractivity contribution in [2.75, 3.05) is 24.3 Å². The van der Waals surface area contributed by atoms with Crippen molar-refractivity contribution < 1.29 is 10.2 Å². The summed E-state index contributed by atoms with van der Waals surface area (Å²) in [5.41, 5.74) is 7.96. The fraction of sp³-hybridized carbons (Fsp3) is 0.250. The third-order valence-corrected chi connectivity index (χ3v) is 2.60. The maximum atomic E-state index is 9.05. The van der Waals surface area contributed by atoms with Gasteiger partial charge in [-0.25, -0.2) is 0 Å². The molecule has 0 aliphatic rings. The van der Waals surface area contributed by atoms with E-state index in [9.17, 15) is 0 Å². The minimum atomic E-state index is -0.387. The van der Waals surface area contributed by atoms with Crippen molar-refractivity contribution in [1.82, 2.24) is 4.98 Å². The van der Waals surface area contributed by atoms with E-state index in [1.54, 1.807) is 12.3 Å². The first-order valence-corrected chi connectivity index (χ1v) is 5.37. The number of nitrogens with zero attached hydrogens (tertiary/aromatic N) is 1. The molecule has 5 heteroatoms. The molecule has 0 aliphatic carbocycles. The lowest BCUT2D eigenvalue weighted by atomic mass is 10.1. The number of rotatable bonds is 4. The highest BCUT2D eigenvalue weighted by molar-refractivity contribution is 5.98. The Kier molecular flexibility index (Phi) is 3.41. The molecule has 1 aromatic heterocycles. The molecule has 0 radical (unpaired) electrons. The molecule has 0 aliphatic heterocycles. The van der Waals surface area contributed by atoms with Gasteiger partial charge in [0.05, 0.1) is 30.5 Å². The van der Waals surface area contributed by atoms with Gasteiger partial charge in [-0.3, -0.25) is 4.98 Å². The third-order valence-electron chi connectivity index (χ3n) is 2.60. The minimum Gasteiger partial charge on any atom is -0.397 e. The molecule has 1 heterocycles. The van der Waals surface area contributed by atoms with Crippen LogP contribution in [-0.4, -0.2) is 34.5 Å². The molecule has 2 aromatic rings. The summed E-state index contributed by atoms with van der Waals surface area (Å²) in [6.45, 7) is -0.273. The van der Waals surface area contributed by atoms with E-state index in [0.717, 1.165) is 11.1 Å². The van der Waals surface area contributed by atoms with Crippen LogP contribution in [0.15, 0.2) is 30.5 Å². The number of nitrogens with two attached hydrogens (primary N) is 1. The van der Waals surface area contributed by atoms with Crippen molar-refractivity contribution in [3.63, 3.8) is 0 Å². The average Bonchev–Trinajstić information content (AvgIpc) is 2.38. The lowest BCUT2D eigenvalue weighted by molar-refractivity contribution is 0.204. The highest BCUT2D eigenvalue weighted by Gasteiger charge is 2.09.